The third-order valence-electron chi connectivity index (χ3n) is 4.08. The van der Waals surface area contributed by atoms with Gasteiger partial charge >= 0.3 is 0 Å². The number of benzene rings is 3. The van der Waals surface area contributed by atoms with Gasteiger partial charge in [0.2, 0.25) is 5.13 Å². The van der Waals surface area contributed by atoms with Crippen LogP contribution in [0.2, 0.25) is 0 Å². The van der Waals surface area contributed by atoms with E-state index in [0.717, 1.165) is 16.3 Å². The van der Waals surface area contributed by atoms with E-state index >= 15 is 0 Å². The number of azo groups is 1. The molecule has 0 saturated heterocycles. The third-order valence-corrected chi connectivity index (χ3v) is 4.68. The summed E-state index contributed by atoms with van der Waals surface area (Å²) in [6, 6.07) is 20.8. The molecule has 0 bridgehead atoms. The van der Waals surface area contributed by atoms with Gasteiger partial charge in [0.1, 0.15) is 0 Å². The summed E-state index contributed by atoms with van der Waals surface area (Å²) in [5.41, 5.74) is 2.41. The molecule has 0 aliphatic rings. The van der Waals surface area contributed by atoms with Gasteiger partial charge in [-0.25, -0.2) is 4.85 Å². The first-order valence-electron chi connectivity index (χ1n) is 8.30. The molecule has 3 aromatic carbocycles. The van der Waals surface area contributed by atoms with E-state index in [4.69, 9.17) is 12.0 Å². The van der Waals surface area contributed by atoms with Gasteiger partial charge in [-0.3, -0.25) is 5.41 Å². The smallest absolute Gasteiger partial charge is 0.253 e. The van der Waals surface area contributed by atoms with Crippen LogP contribution in [0.25, 0.3) is 32.7 Å². The van der Waals surface area contributed by atoms with Gasteiger partial charge in [-0.05, 0) is 22.9 Å². The number of nitrogens with one attached hydrogen (secondary N) is 1. The van der Waals surface area contributed by atoms with E-state index in [1.807, 2.05) is 54.6 Å². The van der Waals surface area contributed by atoms with Crippen molar-refractivity contribution in [3.63, 3.8) is 0 Å². The molecular formula is C21H12N6S. The minimum Gasteiger partial charge on any atom is -0.271 e. The van der Waals surface area contributed by atoms with Gasteiger partial charge < -0.3 is 0 Å². The molecular weight excluding hydrogens is 368 g/mol. The first-order valence-corrected chi connectivity index (χ1v) is 9.07. The lowest BCUT2D eigenvalue weighted by Gasteiger charge is -2.06. The summed E-state index contributed by atoms with van der Waals surface area (Å²) in [6.45, 7) is 7.24. The Morgan fingerprint density at radius 1 is 0.964 bits per heavy atom. The van der Waals surface area contributed by atoms with Crippen molar-refractivity contribution in [3.8, 4) is 11.4 Å². The van der Waals surface area contributed by atoms with Crippen molar-refractivity contribution in [2.45, 2.75) is 0 Å². The Bertz CT molecular complexity index is 1280. The first kappa shape index (κ1) is 17.4. The second-order valence-electron chi connectivity index (χ2n) is 5.73. The first-order chi connectivity index (χ1) is 13.8. The normalized spacial score (nSPS) is 10.7. The SMILES string of the molecule is [C-]#[N+]C(=C=N)c1ccc(N=Nc2nc(-c3ccccc3)ns2)c2ccccc12. The minimum absolute atomic E-state index is 0.163. The highest BCUT2D eigenvalue weighted by Crippen LogP contribution is 2.33. The van der Waals surface area contributed by atoms with Gasteiger partial charge in [-0.1, -0.05) is 60.7 Å². The molecule has 7 heteroatoms. The Morgan fingerprint density at radius 3 is 2.46 bits per heavy atom. The summed E-state index contributed by atoms with van der Waals surface area (Å²) in [6.07, 6.45) is 0. The van der Waals surface area contributed by atoms with Crippen LogP contribution in [0.15, 0.2) is 77.0 Å². The average molecular weight is 380 g/mol. The highest BCUT2D eigenvalue weighted by Gasteiger charge is 2.10. The van der Waals surface area contributed by atoms with E-state index in [1.54, 1.807) is 12.1 Å². The highest BCUT2D eigenvalue weighted by atomic mass is 32.1. The van der Waals surface area contributed by atoms with Crippen LogP contribution >= 0.6 is 11.5 Å². The molecule has 0 fully saturated rings. The van der Waals surface area contributed by atoms with E-state index in [9.17, 15) is 0 Å². The molecule has 0 radical (unpaired) electrons. The van der Waals surface area contributed by atoms with Crippen LogP contribution in [0, 0.1) is 12.0 Å². The molecule has 1 heterocycles. The van der Waals surface area contributed by atoms with Crippen LogP contribution in [0.1, 0.15) is 5.56 Å². The van der Waals surface area contributed by atoms with Gasteiger partial charge in [0.15, 0.2) is 5.82 Å². The van der Waals surface area contributed by atoms with Crippen molar-refractivity contribution < 1.29 is 0 Å². The van der Waals surface area contributed by atoms with Crippen LogP contribution in [-0.4, -0.2) is 15.2 Å². The van der Waals surface area contributed by atoms with Crippen molar-refractivity contribution in [1.82, 2.24) is 9.36 Å². The summed E-state index contributed by atoms with van der Waals surface area (Å²) in [5.74, 6) is 2.82. The monoisotopic (exact) mass is 380 g/mol. The average Bonchev–Trinajstić information content (AvgIpc) is 3.23. The van der Waals surface area contributed by atoms with Gasteiger partial charge in [-0.15, -0.1) is 10.2 Å². The molecule has 0 aliphatic heterocycles. The minimum atomic E-state index is 0.163. The number of hydrogen-bond donors (Lipinski definition) is 1. The second kappa shape index (κ2) is 7.72. The van der Waals surface area contributed by atoms with E-state index in [0.29, 0.717) is 22.2 Å². The summed E-state index contributed by atoms with van der Waals surface area (Å²) < 4.78 is 4.33. The number of aromatic nitrogens is 2. The Balaban J connectivity index is 1.71. The Morgan fingerprint density at radius 2 is 1.71 bits per heavy atom. The Labute approximate surface area is 165 Å². The maximum absolute atomic E-state index is 7.34. The summed E-state index contributed by atoms with van der Waals surface area (Å²) in [7, 11) is 0. The molecule has 6 nitrogen and oxygen atoms in total. The fourth-order valence-corrected chi connectivity index (χ4v) is 3.31. The third kappa shape index (κ3) is 3.33. The zero-order valence-corrected chi connectivity index (χ0v) is 15.3. The topological polar surface area (TPSA) is 78.7 Å². The molecule has 4 rings (SSSR count). The van der Waals surface area contributed by atoms with Crippen LogP contribution in [0.4, 0.5) is 10.8 Å². The largest absolute Gasteiger partial charge is 0.271 e. The van der Waals surface area contributed by atoms with Crippen molar-refractivity contribution >= 4 is 44.7 Å². The molecule has 0 saturated carbocycles. The fourth-order valence-electron chi connectivity index (χ4n) is 2.79. The molecule has 28 heavy (non-hydrogen) atoms. The summed E-state index contributed by atoms with van der Waals surface area (Å²) in [5, 5.41) is 18.0. The molecule has 0 atom stereocenters. The van der Waals surface area contributed by atoms with E-state index in [-0.39, 0.29) is 5.70 Å². The standard InChI is InChI=1S/C21H12N6S/c1-23-19(13-22)17-11-12-18(16-10-6-5-9-15(16)17)25-26-21-24-20(27-28-21)14-7-3-2-4-8-14/h2-12,22H. The molecule has 0 unspecified atom stereocenters. The molecule has 0 spiro atoms. The summed E-state index contributed by atoms with van der Waals surface area (Å²) in [4.78, 5) is 7.80. The van der Waals surface area contributed by atoms with E-state index < -0.39 is 0 Å². The summed E-state index contributed by atoms with van der Waals surface area (Å²) >= 11 is 1.18. The Kier molecular flexibility index (Phi) is 4.81. The van der Waals surface area contributed by atoms with Crippen molar-refractivity contribution in [2.75, 3.05) is 0 Å². The maximum Gasteiger partial charge on any atom is 0.253 e. The predicted molar refractivity (Wildman–Crippen MR) is 111 cm³/mol. The zero-order valence-electron chi connectivity index (χ0n) is 14.5. The van der Waals surface area contributed by atoms with Crippen LogP contribution in [-0.2, 0) is 0 Å². The lowest BCUT2D eigenvalue weighted by Crippen LogP contribution is -1.84. The van der Waals surface area contributed by atoms with Gasteiger partial charge in [0.25, 0.3) is 5.70 Å². The lowest BCUT2D eigenvalue weighted by molar-refractivity contribution is 1.20. The number of nitrogens with zero attached hydrogens (tertiary/aromatic N) is 5. The molecule has 1 N–H and O–H groups in total. The van der Waals surface area contributed by atoms with Gasteiger partial charge in [-0.2, -0.15) is 9.36 Å². The molecule has 1 aromatic heterocycles. The number of fused-ring (bicyclic) bond motifs is 1. The number of hydrogen-bond acceptors (Lipinski definition) is 6. The maximum atomic E-state index is 7.34. The van der Waals surface area contributed by atoms with Gasteiger partial charge in [0.05, 0.1) is 12.3 Å². The molecule has 4 aromatic rings. The quantitative estimate of drug-likeness (QED) is 0.257. The van der Waals surface area contributed by atoms with Crippen molar-refractivity contribution in [2.24, 2.45) is 10.2 Å². The molecule has 0 aliphatic carbocycles. The van der Waals surface area contributed by atoms with E-state index in [2.05, 4.69) is 30.3 Å². The highest BCUT2D eigenvalue weighted by molar-refractivity contribution is 7.09. The van der Waals surface area contributed by atoms with Gasteiger partial charge in [0, 0.05) is 22.5 Å². The molecule has 132 valence electrons. The van der Waals surface area contributed by atoms with Crippen LogP contribution in [0.5, 0.6) is 0 Å². The zero-order chi connectivity index (χ0) is 19.3. The fraction of sp³-hybridized carbons (Fsp3) is 0. The lowest BCUT2D eigenvalue weighted by atomic mass is 10.0. The van der Waals surface area contributed by atoms with Crippen molar-refractivity contribution in [1.29, 1.82) is 5.41 Å². The van der Waals surface area contributed by atoms with Crippen molar-refractivity contribution in [3.05, 3.63) is 83.7 Å². The van der Waals surface area contributed by atoms with E-state index in [1.165, 1.54) is 11.5 Å². The number of rotatable bonds is 4. The predicted octanol–water partition coefficient (Wildman–Crippen LogP) is 6.28. The second-order valence-corrected chi connectivity index (χ2v) is 6.46. The molecule has 0 amide bonds. The Hall–Kier alpha value is -3.98. The van der Waals surface area contributed by atoms with Crippen LogP contribution in [0.3, 0.4) is 0 Å². The van der Waals surface area contributed by atoms with Crippen LogP contribution < -0.4 is 0 Å².